The summed E-state index contributed by atoms with van der Waals surface area (Å²) in [5.74, 6) is 1.72. The van der Waals surface area contributed by atoms with Crippen molar-refractivity contribution in [2.24, 2.45) is 0 Å². The third-order valence-electron chi connectivity index (χ3n) is 11.2. The molecule has 1 unspecified atom stereocenters. The molecule has 1 atom stereocenters. The van der Waals surface area contributed by atoms with Gasteiger partial charge in [0.15, 0.2) is 14.3 Å². The van der Waals surface area contributed by atoms with Crippen molar-refractivity contribution in [2.75, 3.05) is 0 Å². The van der Waals surface area contributed by atoms with Gasteiger partial charge in [-0.1, -0.05) is 66.7 Å². The van der Waals surface area contributed by atoms with Gasteiger partial charge in [0.2, 0.25) is 29.1 Å². The number of hydrogen-bond acceptors (Lipinski definition) is 2. The molecule has 5 aliphatic heterocycles. The molecule has 0 aliphatic carbocycles. The van der Waals surface area contributed by atoms with Gasteiger partial charge in [0, 0.05) is 49.5 Å². The van der Waals surface area contributed by atoms with Crippen LogP contribution in [0.4, 0.5) is 11.4 Å². The van der Waals surface area contributed by atoms with Gasteiger partial charge in [0.25, 0.3) is 0 Å². The fourth-order valence-corrected chi connectivity index (χ4v) is 15.4. The van der Waals surface area contributed by atoms with Crippen molar-refractivity contribution in [1.29, 1.82) is 0 Å². The monoisotopic (exact) mass is 604 g/mol. The average Bonchev–Trinajstić information content (AvgIpc) is 3.72. The van der Waals surface area contributed by atoms with Crippen molar-refractivity contribution in [3.05, 3.63) is 134 Å². The van der Waals surface area contributed by atoms with Crippen LogP contribution in [0.5, 0.6) is 11.5 Å². The van der Waals surface area contributed by atoms with E-state index in [1.165, 1.54) is 59.5 Å². The number of pyridine rings is 3. The van der Waals surface area contributed by atoms with E-state index in [0.717, 1.165) is 34.3 Å². The molecule has 46 heavy (non-hydrogen) atoms. The second-order valence-electron chi connectivity index (χ2n) is 12.9. The zero-order valence-corrected chi connectivity index (χ0v) is 25.3. The Hall–Kier alpha value is -5.89. The molecule has 0 saturated carbocycles. The normalized spacial score (nSPS) is 18.4. The molecule has 9 heterocycles. The van der Waals surface area contributed by atoms with E-state index in [9.17, 15) is 0 Å². The molecule has 0 fully saturated rings. The summed E-state index contributed by atoms with van der Waals surface area (Å²) >= 11 is 0. The molecule has 210 valence electrons. The van der Waals surface area contributed by atoms with E-state index in [0.29, 0.717) is 4.70 Å². The van der Waals surface area contributed by atoms with Crippen molar-refractivity contribution in [2.45, 2.75) is 0 Å². The van der Waals surface area contributed by atoms with E-state index in [1.54, 1.807) is 0 Å². The lowest BCUT2D eigenvalue weighted by molar-refractivity contribution is -1.02. The minimum absolute atomic E-state index is 0.337. The summed E-state index contributed by atoms with van der Waals surface area (Å²) in [5, 5.41) is 8.35. The van der Waals surface area contributed by atoms with Crippen molar-refractivity contribution in [3.63, 3.8) is 0 Å². The zero-order chi connectivity index (χ0) is 29.5. The summed E-state index contributed by atoms with van der Waals surface area (Å²) in [7, 11) is -2.77. The number of para-hydroxylation sites is 1. The van der Waals surface area contributed by atoms with Crippen LogP contribution < -0.4 is 39.5 Å². The van der Waals surface area contributed by atoms with E-state index in [1.807, 2.05) is 12.3 Å². The number of ether oxygens (including phenoxy) is 1. The molecule has 0 saturated heterocycles. The Bertz CT molecular complexity index is 2750. The number of aromatic nitrogens is 4. The highest BCUT2D eigenvalue weighted by Gasteiger charge is 2.72. The summed E-state index contributed by atoms with van der Waals surface area (Å²) in [5.41, 5.74) is 10.7. The first-order valence-corrected chi connectivity index (χ1v) is 17.8. The summed E-state index contributed by atoms with van der Waals surface area (Å²) in [6, 6.07) is 43.0. The van der Waals surface area contributed by atoms with Crippen molar-refractivity contribution in [1.82, 2.24) is 14.3 Å². The molecule has 0 amide bonds. The van der Waals surface area contributed by atoms with E-state index in [-0.39, 0.29) is 0 Å². The third-order valence-corrected chi connectivity index (χ3v) is 16.2. The first-order chi connectivity index (χ1) is 22.8. The Kier molecular flexibility index (Phi) is 3.43. The summed E-state index contributed by atoms with van der Waals surface area (Å²) in [4.78, 5) is 5.01. The van der Waals surface area contributed by atoms with E-state index < -0.39 is 8.07 Å². The van der Waals surface area contributed by atoms with Crippen molar-refractivity contribution < 1.29 is 14.1 Å². The molecule has 4 aromatic heterocycles. The van der Waals surface area contributed by atoms with Crippen LogP contribution in [0.3, 0.4) is 0 Å². The largest absolute Gasteiger partial charge is 0.444 e. The molecule has 4 aromatic carbocycles. The van der Waals surface area contributed by atoms with Gasteiger partial charge in [0.05, 0.1) is 5.39 Å². The molecule has 13 rings (SSSR count). The number of hydrogen-bond donors (Lipinski definition) is 0. The second-order valence-corrected chi connectivity index (χ2v) is 16.6. The van der Waals surface area contributed by atoms with Crippen LogP contribution in [0.2, 0.25) is 0 Å². The molecule has 7 heteroatoms. The maximum atomic E-state index is 6.93. The number of benzene rings is 4. The topological polar surface area (TPSA) is 34.8 Å². The van der Waals surface area contributed by atoms with Crippen LogP contribution in [0.15, 0.2) is 134 Å². The highest BCUT2D eigenvalue weighted by molar-refractivity contribution is 7.23. The van der Waals surface area contributed by atoms with Gasteiger partial charge in [-0.2, -0.15) is 4.57 Å². The van der Waals surface area contributed by atoms with Gasteiger partial charge in [-0.05, 0) is 51.8 Å². The lowest BCUT2D eigenvalue weighted by atomic mass is 10.1. The molecule has 0 bridgehead atoms. The molecule has 2 spiro atoms. The van der Waals surface area contributed by atoms with Crippen LogP contribution in [-0.2, 0) is 0 Å². The van der Waals surface area contributed by atoms with Crippen LogP contribution >= 0.6 is 0 Å². The van der Waals surface area contributed by atoms with Gasteiger partial charge in [-0.25, -0.2) is 4.98 Å². The number of quaternary nitrogens is 1. The Morgan fingerprint density at radius 1 is 0.609 bits per heavy atom. The van der Waals surface area contributed by atoms with Crippen LogP contribution in [0.25, 0.3) is 50.1 Å². The van der Waals surface area contributed by atoms with Gasteiger partial charge in [0.1, 0.15) is 10.2 Å². The second kappa shape index (κ2) is 6.99. The van der Waals surface area contributed by atoms with Gasteiger partial charge < -0.3 is 4.74 Å². The summed E-state index contributed by atoms with van der Waals surface area (Å²) < 4.78 is 14.7. The van der Waals surface area contributed by atoms with Gasteiger partial charge in [-0.3, -0.25) is 0 Å². The molecule has 8 aromatic rings. The SMILES string of the molecule is c1ccc2c(c1)-c1ccccc1[Si]21c2ccc3c4c2-n2c5c1cccc5c1ccc[n+](c12)[N+]41c2c(ccnc2-c2cccc[n+]21)O3. The maximum Gasteiger partial charge on any atom is 0.352 e. The highest BCUT2D eigenvalue weighted by Crippen LogP contribution is 2.59. The number of nitrogens with zero attached hydrogens (tertiary/aromatic N) is 5. The van der Waals surface area contributed by atoms with Crippen LogP contribution in [0, 0.1) is 0 Å². The fraction of sp³-hybridized carbons (Fsp3) is 0. The molecule has 6 nitrogen and oxygen atoms in total. The molecule has 0 N–H and O–H groups in total. The Labute approximate surface area is 263 Å². The predicted molar refractivity (Wildman–Crippen MR) is 179 cm³/mol. The van der Waals surface area contributed by atoms with Crippen LogP contribution in [0.1, 0.15) is 0 Å². The Morgan fingerprint density at radius 2 is 1.35 bits per heavy atom. The predicted octanol–water partition coefficient (Wildman–Crippen LogP) is 4.39. The Morgan fingerprint density at radius 3 is 2.22 bits per heavy atom. The molecule has 5 aliphatic rings. The van der Waals surface area contributed by atoms with Gasteiger partial charge >= 0.3 is 22.7 Å². The van der Waals surface area contributed by atoms with E-state index >= 15 is 0 Å². The first kappa shape index (κ1) is 22.6. The Balaban J connectivity index is 1.37. The number of fused-ring (bicyclic) bond motifs is 10. The summed E-state index contributed by atoms with van der Waals surface area (Å²) in [6.45, 7) is 0. The van der Waals surface area contributed by atoms with Crippen LogP contribution in [-0.4, -0.2) is 17.6 Å². The fourth-order valence-electron chi connectivity index (χ4n) is 9.87. The minimum Gasteiger partial charge on any atom is -0.444 e. The van der Waals surface area contributed by atoms with Crippen molar-refractivity contribution in [3.8, 4) is 39.7 Å². The highest BCUT2D eigenvalue weighted by atomic mass is 28.3. The van der Waals surface area contributed by atoms with Gasteiger partial charge in [-0.15, -0.1) is 0 Å². The third kappa shape index (κ3) is 2.00. The number of rotatable bonds is 0. The van der Waals surface area contributed by atoms with E-state index in [2.05, 4.69) is 136 Å². The first-order valence-electron chi connectivity index (χ1n) is 15.8. The zero-order valence-electron chi connectivity index (χ0n) is 24.3. The standard InChI is InChI=1S/C39H22N5OSi/c1-3-14-30-23(9-1)24-10-2-4-15-31(24)46(30)32-16-7-11-25-26-12-8-22-42-39(26)43(35(25)32)36-33(46)18-17-28-38(36)44(42)37-29(45-28)19-20-40-34(37)27-13-5-6-21-41(27)44/h1-22H/q+3. The molecule has 0 radical (unpaired) electrons. The summed E-state index contributed by atoms with van der Waals surface area (Å²) in [6.07, 6.45) is 6.33. The molecular formula is C39H22N5OSi+3. The van der Waals surface area contributed by atoms with E-state index in [4.69, 9.17) is 9.72 Å². The lowest BCUT2D eigenvalue weighted by Gasteiger charge is -2.38. The smallest absolute Gasteiger partial charge is 0.352 e. The quantitative estimate of drug-likeness (QED) is 0.146. The average molecular weight is 605 g/mol. The lowest BCUT2D eigenvalue weighted by Crippen LogP contribution is -2.85. The van der Waals surface area contributed by atoms with Crippen molar-refractivity contribution >= 4 is 62.1 Å². The minimum atomic E-state index is -2.77. The maximum absolute atomic E-state index is 6.93. The molecular weight excluding hydrogens is 583 g/mol.